The fourth-order valence-corrected chi connectivity index (χ4v) is 2.74. The smallest absolute Gasteiger partial charge is 0.220 e. The molecule has 3 N–H and O–H groups in total. The molecule has 1 unspecified atom stereocenters. The fraction of sp³-hybridized carbons (Fsp3) is 0.350. The van der Waals surface area contributed by atoms with Crippen LogP contribution < -0.4 is 11.1 Å². The van der Waals surface area contributed by atoms with Crippen molar-refractivity contribution in [3.8, 4) is 0 Å². The molecule has 1 amide bonds. The minimum absolute atomic E-state index is 0.0147. The van der Waals surface area contributed by atoms with Gasteiger partial charge in [-0.1, -0.05) is 48.9 Å². The number of unbranched alkanes of at least 4 members (excludes halogenated alkanes) is 2. The number of nitrogens with two attached hydrogens (primary N) is 1. The second-order valence-corrected chi connectivity index (χ2v) is 5.92. The predicted molar refractivity (Wildman–Crippen MR) is 95.2 cm³/mol. The zero-order valence-electron chi connectivity index (χ0n) is 13.9. The summed E-state index contributed by atoms with van der Waals surface area (Å²) < 4.78 is 13.2. The first-order valence-electron chi connectivity index (χ1n) is 8.48. The van der Waals surface area contributed by atoms with Crippen LogP contribution in [-0.4, -0.2) is 19.0 Å². The van der Waals surface area contributed by atoms with E-state index in [1.54, 1.807) is 12.1 Å². The SMILES string of the molecule is NCCCCCNC(=O)CC(c1ccccc1)c1ccc(F)cc1. The van der Waals surface area contributed by atoms with Crippen LogP contribution in [0.3, 0.4) is 0 Å². The molecule has 128 valence electrons. The van der Waals surface area contributed by atoms with E-state index in [9.17, 15) is 9.18 Å². The van der Waals surface area contributed by atoms with Gasteiger partial charge < -0.3 is 11.1 Å². The van der Waals surface area contributed by atoms with Gasteiger partial charge in [0.25, 0.3) is 0 Å². The standard InChI is InChI=1S/C20H25FN2O/c21-18-11-9-17(10-12-18)19(16-7-3-1-4-8-16)15-20(24)23-14-6-2-5-13-22/h1,3-4,7-12,19H,2,5-6,13-15,22H2,(H,23,24). The average Bonchev–Trinajstić information content (AvgIpc) is 2.61. The van der Waals surface area contributed by atoms with Gasteiger partial charge in [0, 0.05) is 18.9 Å². The molecule has 0 bridgehead atoms. The van der Waals surface area contributed by atoms with Gasteiger partial charge in [0.15, 0.2) is 0 Å². The molecule has 0 saturated carbocycles. The normalized spacial score (nSPS) is 11.9. The first kappa shape index (κ1) is 18.1. The summed E-state index contributed by atoms with van der Waals surface area (Å²) in [5.41, 5.74) is 7.46. The number of benzene rings is 2. The molecule has 0 aromatic heterocycles. The summed E-state index contributed by atoms with van der Waals surface area (Å²) >= 11 is 0. The molecule has 0 spiro atoms. The lowest BCUT2D eigenvalue weighted by Crippen LogP contribution is -2.26. The lowest BCUT2D eigenvalue weighted by atomic mass is 9.88. The Morgan fingerprint density at radius 1 is 0.958 bits per heavy atom. The highest BCUT2D eigenvalue weighted by atomic mass is 19.1. The van der Waals surface area contributed by atoms with Gasteiger partial charge in [-0.15, -0.1) is 0 Å². The molecule has 3 nitrogen and oxygen atoms in total. The molecule has 0 aliphatic heterocycles. The number of rotatable bonds is 9. The Labute approximate surface area is 143 Å². The van der Waals surface area contributed by atoms with E-state index in [1.165, 1.54) is 12.1 Å². The van der Waals surface area contributed by atoms with Crippen LogP contribution in [0.5, 0.6) is 0 Å². The highest BCUT2D eigenvalue weighted by molar-refractivity contribution is 5.77. The van der Waals surface area contributed by atoms with Crippen LogP contribution in [0.1, 0.15) is 42.7 Å². The second kappa shape index (κ2) is 9.83. The third-order valence-corrected chi connectivity index (χ3v) is 4.07. The summed E-state index contributed by atoms with van der Waals surface area (Å²) in [6, 6.07) is 16.2. The summed E-state index contributed by atoms with van der Waals surface area (Å²) in [6.45, 7) is 1.36. The van der Waals surface area contributed by atoms with E-state index in [0.29, 0.717) is 19.5 Å². The zero-order chi connectivity index (χ0) is 17.2. The van der Waals surface area contributed by atoms with Gasteiger partial charge in [-0.3, -0.25) is 4.79 Å². The van der Waals surface area contributed by atoms with E-state index >= 15 is 0 Å². The van der Waals surface area contributed by atoms with Gasteiger partial charge in [0.2, 0.25) is 5.91 Å². The number of nitrogens with one attached hydrogen (secondary N) is 1. The third kappa shape index (κ3) is 5.78. The fourth-order valence-electron chi connectivity index (χ4n) is 2.74. The third-order valence-electron chi connectivity index (χ3n) is 4.07. The van der Waals surface area contributed by atoms with Crippen molar-refractivity contribution in [2.24, 2.45) is 5.73 Å². The molecular formula is C20H25FN2O. The molecule has 0 aliphatic carbocycles. The van der Waals surface area contributed by atoms with E-state index < -0.39 is 0 Å². The van der Waals surface area contributed by atoms with Crippen molar-refractivity contribution in [1.29, 1.82) is 0 Å². The minimum atomic E-state index is -0.269. The summed E-state index contributed by atoms with van der Waals surface area (Å²) in [7, 11) is 0. The lowest BCUT2D eigenvalue weighted by Gasteiger charge is -2.18. The molecule has 24 heavy (non-hydrogen) atoms. The Kier molecular flexibility index (Phi) is 7.43. The second-order valence-electron chi connectivity index (χ2n) is 5.92. The molecular weight excluding hydrogens is 303 g/mol. The summed E-state index contributed by atoms with van der Waals surface area (Å²) in [4.78, 5) is 12.3. The van der Waals surface area contributed by atoms with Crippen LogP contribution in [-0.2, 0) is 4.79 Å². The first-order chi connectivity index (χ1) is 11.7. The number of hydrogen-bond acceptors (Lipinski definition) is 2. The van der Waals surface area contributed by atoms with Gasteiger partial charge in [-0.2, -0.15) is 0 Å². The Balaban J connectivity index is 2.01. The number of halogens is 1. The van der Waals surface area contributed by atoms with Crippen molar-refractivity contribution < 1.29 is 9.18 Å². The highest BCUT2D eigenvalue weighted by Crippen LogP contribution is 2.28. The Morgan fingerprint density at radius 2 is 1.62 bits per heavy atom. The molecule has 2 rings (SSSR count). The number of carbonyl (C=O) groups excluding carboxylic acids is 1. The van der Waals surface area contributed by atoms with Crippen molar-refractivity contribution in [2.75, 3.05) is 13.1 Å². The molecule has 2 aromatic rings. The maximum Gasteiger partial charge on any atom is 0.220 e. The van der Waals surface area contributed by atoms with Crippen molar-refractivity contribution in [1.82, 2.24) is 5.32 Å². The van der Waals surface area contributed by atoms with Crippen LogP contribution in [0.25, 0.3) is 0 Å². The predicted octanol–water partition coefficient (Wildman–Crippen LogP) is 3.59. The Bertz CT molecular complexity index is 613. The quantitative estimate of drug-likeness (QED) is 0.691. The van der Waals surface area contributed by atoms with Gasteiger partial charge in [0.05, 0.1) is 0 Å². The Hall–Kier alpha value is -2.20. The lowest BCUT2D eigenvalue weighted by molar-refractivity contribution is -0.121. The molecule has 0 heterocycles. The maximum atomic E-state index is 13.2. The van der Waals surface area contributed by atoms with E-state index in [1.807, 2.05) is 30.3 Å². The number of carbonyl (C=O) groups is 1. The van der Waals surface area contributed by atoms with Gasteiger partial charge >= 0.3 is 0 Å². The minimum Gasteiger partial charge on any atom is -0.356 e. The van der Waals surface area contributed by atoms with E-state index in [4.69, 9.17) is 5.73 Å². The van der Waals surface area contributed by atoms with E-state index in [2.05, 4.69) is 5.32 Å². The monoisotopic (exact) mass is 328 g/mol. The number of amides is 1. The van der Waals surface area contributed by atoms with Crippen molar-refractivity contribution in [2.45, 2.75) is 31.6 Å². The van der Waals surface area contributed by atoms with Crippen molar-refractivity contribution in [3.05, 3.63) is 71.5 Å². The van der Waals surface area contributed by atoms with Gasteiger partial charge in [0.1, 0.15) is 5.82 Å². The van der Waals surface area contributed by atoms with Crippen LogP contribution >= 0.6 is 0 Å². The summed E-state index contributed by atoms with van der Waals surface area (Å²) in [5.74, 6) is -0.327. The molecule has 4 heteroatoms. The van der Waals surface area contributed by atoms with Crippen molar-refractivity contribution >= 4 is 5.91 Å². The van der Waals surface area contributed by atoms with Crippen LogP contribution in [0.4, 0.5) is 4.39 Å². The van der Waals surface area contributed by atoms with Crippen molar-refractivity contribution in [3.63, 3.8) is 0 Å². The number of hydrogen-bond donors (Lipinski definition) is 2. The van der Waals surface area contributed by atoms with Crippen LogP contribution in [0.15, 0.2) is 54.6 Å². The molecule has 0 saturated heterocycles. The van der Waals surface area contributed by atoms with Gasteiger partial charge in [-0.05, 0) is 42.6 Å². The topological polar surface area (TPSA) is 55.1 Å². The summed E-state index contributed by atoms with van der Waals surface area (Å²) in [6.07, 6.45) is 3.30. The van der Waals surface area contributed by atoms with Crippen LogP contribution in [0.2, 0.25) is 0 Å². The zero-order valence-corrected chi connectivity index (χ0v) is 13.9. The first-order valence-corrected chi connectivity index (χ1v) is 8.48. The summed E-state index contributed by atoms with van der Waals surface area (Å²) in [5, 5.41) is 2.97. The maximum absolute atomic E-state index is 13.2. The van der Waals surface area contributed by atoms with E-state index in [0.717, 1.165) is 30.4 Å². The largest absolute Gasteiger partial charge is 0.356 e. The average molecular weight is 328 g/mol. The molecule has 1 atom stereocenters. The van der Waals surface area contributed by atoms with Gasteiger partial charge in [-0.25, -0.2) is 4.39 Å². The molecule has 0 fully saturated rings. The molecule has 2 aromatic carbocycles. The molecule has 0 aliphatic rings. The Morgan fingerprint density at radius 3 is 2.29 bits per heavy atom. The van der Waals surface area contributed by atoms with E-state index in [-0.39, 0.29) is 17.6 Å². The van der Waals surface area contributed by atoms with Crippen LogP contribution in [0, 0.1) is 5.82 Å². The molecule has 0 radical (unpaired) electrons. The highest BCUT2D eigenvalue weighted by Gasteiger charge is 2.18.